The van der Waals surface area contributed by atoms with Gasteiger partial charge >= 0.3 is 0 Å². The van der Waals surface area contributed by atoms with Crippen LogP contribution in [0.4, 0.5) is 0 Å². The van der Waals surface area contributed by atoms with Crippen LogP contribution in [0.25, 0.3) is 22.4 Å². The number of ether oxygens (including phenoxy) is 3. The topological polar surface area (TPSA) is 55.2 Å². The van der Waals surface area contributed by atoms with Crippen LogP contribution in [0.5, 0.6) is 17.2 Å². The molecular formula is C47H72ClN5O3. The highest BCUT2D eigenvalue weighted by molar-refractivity contribution is 6.30. The van der Waals surface area contributed by atoms with Gasteiger partial charge in [0.25, 0.3) is 0 Å². The lowest BCUT2D eigenvalue weighted by Crippen LogP contribution is -2.25. The molecule has 0 unspecified atom stereocenters. The number of aryl methyl sites for hydroxylation is 3. The molecule has 0 saturated heterocycles. The highest BCUT2D eigenvalue weighted by Gasteiger charge is 2.20. The number of hydrogen-bond acceptors (Lipinski definition) is 7. The molecule has 1 aromatic heterocycles. The number of aromatic nitrogens is 2. The zero-order valence-corrected chi connectivity index (χ0v) is 36.6. The normalized spacial score (nSPS) is 11.8. The van der Waals surface area contributed by atoms with Crippen LogP contribution in [0.1, 0.15) is 98.1 Å². The predicted octanol–water partition coefficient (Wildman–Crippen LogP) is 10.7. The molecule has 4 rings (SSSR count). The second-order valence-electron chi connectivity index (χ2n) is 14.7. The molecule has 0 bridgehead atoms. The molecule has 0 aliphatic heterocycles. The largest absolute Gasteiger partial charge is 0.493 e. The summed E-state index contributed by atoms with van der Waals surface area (Å²) in [5, 5.41) is 0.776. The van der Waals surface area contributed by atoms with Crippen LogP contribution < -0.4 is 14.2 Å². The average Bonchev–Trinajstić information content (AvgIpc) is 3.59. The zero-order chi connectivity index (χ0) is 40.1. The molecule has 0 amide bonds. The van der Waals surface area contributed by atoms with Crippen molar-refractivity contribution in [3.63, 3.8) is 0 Å². The quantitative estimate of drug-likeness (QED) is 0.0508. The van der Waals surface area contributed by atoms with E-state index in [0.717, 1.165) is 162 Å². The van der Waals surface area contributed by atoms with Crippen molar-refractivity contribution >= 4 is 22.6 Å². The molecule has 0 aliphatic rings. The molecular weight excluding hydrogens is 718 g/mol. The van der Waals surface area contributed by atoms with Crippen molar-refractivity contribution in [2.45, 2.75) is 106 Å². The Labute approximate surface area is 344 Å². The van der Waals surface area contributed by atoms with Crippen molar-refractivity contribution in [2.75, 3.05) is 78.7 Å². The van der Waals surface area contributed by atoms with Crippen LogP contribution in [-0.2, 0) is 19.4 Å². The van der Waals surface area contributed by atoms with Crippen molar-refractivity contribution in [1.29, 1.82) is 0 Å². The van der Waals surface area contributed by atoms with Crippen LogP contribution in [-0.4, -0.2) is 103 Å². The Kier molecular flexibility index (Phi) is 20.4. The van der Waals surface area contributed by atoms with Crippen molar-refractivity contribution in [3.8, 4) is 28.6 Å². The number of benzene rings is 3. The van der Waals surface area contributed by atoms with Gasteiger partial charge in [0.2, 0.25) is 0 Å². The molecule has 3 aromatic carbocycles. The molecule has 4 aromatic rings. The van der Waals surface area contributed by atoms with Gasteiger partial charge in [0.1, 0.15) is 22.8 Å². The summed E-state index contributed by atoms with van der Waals surface area (Å²) in [5.41, 5.74) is 5.55. The lowest BCUT2D eigenvalue weighted by atomic mass is 10.0. The fourth-order valence-electron chi connectivity index (χ4n) is 7.33. The molecule has 0 aliphatic carbocycles. The lowest BCUT2D eigenvalue weighted by molar-refractivity contribution is 0.243. The maximum Gasteiger partial charge on any atom is 0.150 e. The summed E-state index contributed by atoms with van der Waals surface area (Å²) in [5.74, 6) is 3.54. The van der Waals surface area contributed by atoms with Gasteiger partial charge in [0, 0.05) is 48.9 Å². The number of unbranched alkanes of at least 4 members (excludes halogenated alkanes) is 1. The molecule has 9 heteroatoms. The molecule has 310 valence electrons. The number of halogens is 1. The highest BCUT2D eigenvalue weighted by atomic mass is 35.5. The minimum absolute atomic E-state index is 0.629. The molecule has 1 heterocycles. The van der Waals surface area contributed by atoms with Gasteiger partial charge in [-0.25, -0.2) is 4.98 Å². The summed E-state index contributed by atoms with van der Waals surface area (Å²) in [6.45, 7) is 27.8. The maximum absolute atomic E-state index is 6.65. The fourth-order valence-corrected chi connectivity index (χ4v) is 7.46. The standard InChI is InChI=1S/C47H72ClN5O3/c1-8-15-31-53-43-36-42(54-32-17-28-50(9-2)10-3)37-45(56-34-19-30-52(13-6)14-7)46(43)49-47(53)40-25-24-39(21-16-20-38-22-26-41(48)27-23-38)44(35-40)55-33-18-29-51(11-4)12-5/h22-27,35-37H,8-21,28-34H2,1-7H3. The first kappa shape index (κ1) is 45.4. The highest BCUT2D eigenvalue weighted by Crippen LogP contribution is 2.37. The summed E-state index contributed by atoms with van der Waals surface area (Å²) in [6.07, 6.45) is 8.00. The van der Waals surface area contributed by atoms with E-state index < -0.39 is 0 Å². The number of fused-ring (bicyclic) bond motifs is 1. The van der Waals surface area contributed by atoms with Crippen LogP contribution >= 0.6 is 11.6 Å². The van der Waals surface area contributed by atoms with E-state index in [2.05, 4.69) is 110 Å². The van der Waals surface area contributed by atoms with E-state index >= 15 is 0 Å². The van der Waals surface area contributed by atoms with Crippen molar-refractivity contribution in [3.05, 3.63) is 70.7 Å². The zero-order valence-electron chi connectivity index (χ0n) is 35.9. The van der Waals surface area contributed by atoms with Gasteiger partial charge in [-0.3, -0.25) is 0 Å². The van der Waals surface area contributed by atoms with E-state index in [9.17, 15) is 0 Å². The summed E-state index contributed by atoms with van der Waals surface area (Å²) in [6, 6.07) is 19.2. The van der Waals surface area contributed by atoms with Crippen LogP contribution in [0.3, 0.4) is 0 Å². The second-order valence-corrected chi connectivity index (χ2v) is 15.2. The number of hydrogen-bond donors (Lipinski definition) is 0. The number of imidazole rings is 1. The van der Waals surface area contributed by atoms with Crippen molar-refractivity contribution < 1.29 is 14.2 Å². The van der Waals surface area contributed by atoms with E-state index in [-0.39, 0.29) is 0 Å². The first-order valence-electron chi connectivity index (χ1n) is 21.8. The van der Waals surface area contributed by atoms with Crippen molar-refractivity contribution in [1.82, 2.24) is 24.3 Å². The molecule has 0 atom stereocenters. The maximum atomic E-state index is 6.65. The summed E-state index contributed by atoms with van der Waals surface area (Å²) < 4.78 is 22.1. The van der Waals surface area contributed by atoms with Gasteiger partial charge in [0.05, 0.1) is 25.3 Å². The molecule has 0 radical (unpaired) electrons. The average molecular weight is 791 g/mol. The monoisotopic (exact) mass is 790 g/mol. The molecule has 8 nitrogen and oxygen atoms in total. The number of nitrogens with zero attached hydrogens (tertiary/aromatic N) is 5. The SMILES string of the molecule is CCCCn1c(-c2ccc(CCCc3ccc(Cl)cc3)c(OCCCN(CC)CC)c2)nc2c(OCCCN(CC)CC)cc(OCCCN(CC)CC)cc21. The van der Waals surface area contributed by atoms with E-state index in [1.54, 1.807) is 0 Å². The third-order valence-electron chi connectivity index (χ3n) is 11.0. The van der Waals surface area contributed by atoms with Crippen LogP contribution in [0.15, 0.2) is 54.6 Å². The van der Waals surface area contributed by atoms with Crippen LogP contribution in [0.2, 0.25) is 5.02 Å². The Bertz CT molecular complexity index is 1680. The van der Waals surface area contributed by atoms with Crippen LogP contribution in [0, 0.1) is 0 Å². The Morgan fingerprint density at radius 2 is 1.16 bits per heavy atom. The minimum Gasteiger partial charge on any atom is -0.493 e. The van der Waals surface area contributed by atoms with E-state index in [1.165, 1.54) is 11.1 Å². The van der Waals surface area contributed by atoms with E-state index in [1.807, 2.05) is 12.1 Å². The lowest BCUT2D eigenvalue weighted by Gasteiger charge is -2.19. The molecule has 0 saturated carbocycles. The predicted molar refractivity (Wildman–Crippen MR) is 237 cm³/mol. The summed E-state index contributed by atoms with van der Waals surface area (Å²) in [7, 11) is 0. The van der Waals surface area contributed by atoms with Gasteiger partial charge in [-0.15, -0.1) is 0 Å². The van der Waals surface area contributed by atoms with E-state index in [0.29, 0.717) is 19.8 Å². The molecule has 0 N–H and O–H groups in total. The van der Waals surface area contributed by atoms with Gasteiger partial charge < -0.3 is 33.5 Å². The van der Waals surface area contributed by atoms with Crippen molar-refractivity contribution in [2.24, 2.45) is 0 Å². The Morgan fingerprint density at radius 3 is 1.73 bits per heavy atom. The van der Waals surface area contributed by atoms with E-state index in [4.69, 9.17) is 30.8 Å². The summed E-state index contributed by atoms with van der Waals surface area (Å²) in [4.78, 5) is 12.7. The second kappa shape index (κ2) is 25.1. The summed E-state index contributed by atoms with van der Waals surface area (Å²) >= 11 is 6.16. The molecule has 0 fully saturated rings. The Morgan fingerprint density at radius 1 is 0.589 bits per heavy atom. The first-order valence-corrected chi connectivity index (χ1v) is 22.2. The van der Waals surface area contributed by atoms with Gasteiger partial charge in [-0.1, -0.05) is 90.8 Å². The molecule has 56 heavy (non-hydrogen) atoms. The Hall–Kier alpha value is -3.30. The fraction of sp³-hybridized carbons (Fsp3) is 0.596. The third-order valence-corrected chi connectivity index (χ3v) is 11.3. The minimum atomic E-state index is 0.629. The third kappa shape index (κ3) is 14.0. The number of rotatable bonds is 29. The first-order chi connectivity index (χ1) is 27.4. The molecule has 0 spiro atoms. The van der Waals surface area contributed by atoms with Gasteiger partial charge in [0.15, 0.2) is 5.75 Å². The smallest absolute Gasteiger partial charge is 0.150 e. The Balaban J connectivity index is 1.68. The van der Waals surface area contributed by atoms with Gasteiger partial charge in [-0.05, 0) is 114 Å². The van der Waals surface area contributed by atoms with Gasteiger partial charge in [-0.2, -0.15) is 0 Å².